The Kier molecular flexibility index (Phi) is 4.91. The lowest BCUT2D eigenvalue weighted by molar-refractivity contribution is 0.779. The van der Waals surface area contributed by atoms with Gasteiger partial charge in [-0.05, 0) is 49.8 Å². The highest BCUT2D eigenvalue weighted by Crippen LogP contribution is 2.41. The molecule has 0 bridgehead atoms. The second kappa shape index (κ2) is 6.94. The first-order chi connectivity index (χ1) is 11.5. The summed E-state index contributed by atoms with van der Waals surface area (Å²) in [7, 11) is -0.451. The van der Waals surface area contributed by atoms with Crippen LogP contribution < -0.4 is 5.19 Å². The topological polar surface area (TPSA) is 0 Å². The van der Waals surface area contributed by atoms with Crippen LogP contribution in [0.5, 0.6) is 0 Å². The van der Waals surface area contributed by atoms with Crippen LogP contribution >= 0.6 is 0 Å². The van der Waals surface area contributed by atoms with Gasteiger partial charge in [0, 0.05) is 0 Å². The molecule has 0 radical (unpaired) electrons. The van der Waals surface area contributed by atoms with Crippen LogP contribution in [0.2, 0.25) is 0 Å². The van der Waals surface area contributed by atoms with E-state index < -0.39 is 9.52 Å². The first-order valence-corrected chi connectivity index (χ1v) is 10.4. The van der Waals surface area contributed by atoms with E-state index in [4.69, 9.17) is 0 Å². The number of benzene rings is 2. The molecule has 0 saturated carbocycles. The molecule has 0 spiro atoms. The second-order valence-electron chi connectivity index (χ2n) is 7.52. The first-order valence-electron chi connectivity index (χ1n) is 9.00. The van der Waals surface area contributed by atoms with E-state index in [1.54, 1.807) is 27.1 Å². The van der Waals surface area contributed by atoms with Crippen molar-refractivity contribution in [3.05, 3.63) is 81.6 Å². The van der Waals surface area contributed by atoms with Gasteiger partial charge in [-0.2, -0.15) is 0 Å². The third kappa shape index (κ3) is 3.46. The van der Waals surface area contributed by atoms with Gasteiger partial charge in [-0.15, -0.1) is 0 Å². The molecule has 0 N–H and O–H groups in total. The van der Waals surface area contributed by atoms with Crippen molar-refractivity contribution in [3.63, 3.8) is 0 Å². The molecule has 0 heterocycles. The largest absolute Gasteiger partial charge is 0.0882 e. The molecule has 0 unspecified atom stereocenters. The Morgan fingerprint density at radius 2 is 1.50 bits per heavy atom. The molecule has 0 aliphatic heterocycles. The van der Waals surface area contributed by atoms with Gasteiger partial charge in [0.15, 0.2) is 0 Å². The van der Waals surface area contributed by atoms with Gasteiger partial charge in [-0.3, -0.25) is 0 Å². The fourth-order valence-corrected chi connectivity index (χ4v) is 6.51. The van der Waals surface area contributed by atoms with Crippen molar-refractivity contribution in [1.29, 1.82) is 0 Å². The minimum Gasteiger partial charge on any atom is -0.0656 e. The summed E-state index contributed by atoms with van der Waals surface area (Å²) in [6.07, 6.45) is 1.13. The molecule has 0 amide bonds. The minimum atomic E-state index is -0.451. The molecular weight excluding hydrogens is 304 g/mol. The lowest BCUT2D eigenvalue weighted by Gasteiger charge is -2.16. The predicted molar refractivity (Wildman–Crippen MR) is 110 cm³/mol. The SMILES string of the molecule is CC1=C(C(C)C)C([SiH2]c2ccccc2)=C(c2cc(C)cc(C)c2)C1. The maximum atomic E-state index is 2.37. The molecule has 2 aromatic carbocycles. The molecule has 24 heavy (non-hydrogen) atoms. The first kappa shape index (κ1) is 17.0. The van der Waals surface area contributed by atoms with Crippen molar-refractivity contribution in [2.75, 3.05) is 0 Å². The summed E-state index contributed by atoms with van der Waals surface area (Å²) in [6, 6.07) is 18.1. The maximum absolute atomic E-state index is 2.37. The molecule has 0 aromatic heterocycles. The lowest BCUT2D eigenvalue weighted by Crippen LogP contribution is -2.18. The maximum Gasteiger partial charge on any atom is 0.0882 e. The van der Waals surface area contributed by atoms with E-state index in [0.29, 0.717) is 5.92 Å². The van der Waals surface area contributed by atoms with Crippen LogP contribution in [-0.4, -0.2) is 9.52 Å². The molecule has 3 rings (SSSR count). The third-order valence-electron chi connectivity index (χ3n) is 4.96. The average molecular weight is 333 g/mol. The Balaban J connectivity index is 2.11. The molecule has 0 saturated heterocycles. The molecule has 0 nitrogen and oxygen atoms in total. The highest BCUT2D eigenvalue weighted by atomic mass is 28.2. The van der Waals surface area contributed by atoms with Crippen molar-refractivity contribution in [3.8, 4) is 0 Å². The molecule has 1 aliphatic rings. The summed E-state index contributed by atoms with van der Waals surface area (Å²) in [5, 5.41) is 3.24. The fourth-order valence-electron chi connectivity index (χ4n) is 4.16. The fraction of sp³-hybridized carbons (Fsp3) is 0.304. The van der Waals surface area contributed by atoms with Gasteiger partial charge in [0.2, 0.25) is 0 Å². The van der Waals surface area contributed by atoms with Crippen LogP contribution in [0.25, 0.3) is 5.57 Å². The number of hydrogen-bond donors (Lipinski definition) is 0. The zero-order valence-electron chi connectivity index (χ0n) is 15.6. The summed E-state index contributed by atoms with van der Waals surface area (Å²) in [5.41, 5.74) is 9.00. The van der Waals surface area contributed by atoms with Crippen molar-refractivity contribution in [2.24, 2.45) is 5.92 Å². The highest BCUT2D eigenvalue weighted by Gasteiger charge is 2.25. The van der Waals surface area contributed by atoms with Crippen molar-refractivity contribution in [1.82, 2.24) is 0 Å². The van der Waals surface area contributed by atoms with E-state index in [1.807, 2.05) is 0 Å². The monoisotopic (exact) mass is 332 g/mol. The number of aryl methyl sites for hydroxylation is 2. The minimum absolute atomic E-state index is 0.451. The Morgan fingerprint density at radius 3 is 2.08 bits per heavy atom. The zero-order chi connectivity index (χ0) is 17.3. The summed E-state index contributed by atoms with van der Waals surface area (Å²) in [6.45, 7) is 11.5. The van der Waals surface area contributed by atoms with Crippen LogP contribution in [0.3, 0.4) is 0 Å². The van der Waals surface area contributed by atoms with E-state index in [1.165, 1.54) is 16.7 Å². The van der Waals surface area contributed by atoms with E-state index in [0.717, 1.165) is 6.42 Å². The summed E-state index contributed by atoms with van der Waals surface area (Å²) in [4.78, 5) is 0. The van der Waals surface area contributed by atoms with Crippen molar-refractivity contribution >= 4 is 20.3 Å². The van der Waals surface area contributed by atoms with Gasteiger partial charge in [-0.1, -0.05) is 89.5 Å². The molecule has 0 atom stereocenters. The lowest BCUT2D eigenvalue weighted by atomic mass is 9.99. The molecule has 1 heteroatoms. The van der Waals surface area contributed by atoms with Crippen LogP contribution in [0, 0.1) is 19.8 Å². The van der Waals surface area contributed by atoms with Crippen molar-refractivity contribution in [2.45, 2.75) is 41.0 Å². The van der Waals surface area contributed by atoms with Gasteiger partial charge >= 0.3 is 0 Å². The van der Waals surface area contributed by atoms with Gasteiger partial charge in [0.1, 0.15) is 0 Å². The highest BCUT2D eigenvalue weighted by molar-refractivity contribution is 6.63. The summed E-state index contributed by atoms with van der Waals surface area (Å²) >= 11 is 0. The van der Waals surface area contributed by atoms with Gasteiger partial charge in [0.25, 0.3) is 0 Å². The second-order valence-corrected chi connectivity index (χ2v) is 9.40. The van der Waals surface area contributed by atoms with Crippen LogP contribution in [0.15, 0.2) is 64.9 Å². The van der Waals surface area contributed by atoms with E-state index in [9.17, 15) is 0 Å². The molecule has 0 fully saturated rings. The van der Waals surface area contributed by atoms with E-state index in [-0.39, 0.29) is 0 Å². The Bertz CT molecular complexity index is 787. The predicted octanol–water partition coefficient (Wildman–Crippen LogP) is 4.89. The quantitative estimate of drug-likeness (QED) is 0.700. The van der Waals surface area contributed by atoms with Crippen LogP contribution in [0.4, 0.5) is 0 Å². The Labute approximate surface area is 149 Å². The third-order valence-corrected chi connectivity index (χ3v) is 7.00. The van der Waals surface area contributed by atoms with Gasteiger partial charge < -0.3 is 0 Å². The van der Waals surface area contributed by atoms with Gasteiger partial charge in [0.05, 0.1) is 9.52 Å². The normalized spacial score (nSPS) is 15.4. The Hall–Kier alpha value is -1.86. The number of hydrogen-bond acceptors (Lipinski definition) is 0. The number of rotatable bonds is 4. The van der Waals surface area contributed by atoms with Gasteiger partial charge in [-0.25, -0.2) is 0 Å². The van der Waals surface area contributed by atoms with Crippen LogP contribution in [-0.2, 0) is 0 Å². The van der Waals surface area contributed by atoms with Crippen molar-refractivity contribution < 1.29 is 0 Å². The van der Waals surface area contributed by atoms with E-state index >= 15 is 0 Å². The van der Waals surface area contributed by atoms with E-state index in [2.05, 4.69) is 83.1 Å². The molecule has 1 aliphatic carbocycles. The molecule has 2 aromatic rings. The van der Waals surface area contributed by atoms with Crippen LogP contribution in [0.1, 0.15) is 43.9 Å². The standard InChI is InChI=1S/C23H28Si/c1-15(2)22-18(5)14-21(19-12-16(3)11-17(4)13-19)23(22)24-20-9-7-6-8-10-20/h6-13,15H,14,24H2,1-5H3. The number of allylic oxidation sites excluding steroid dienone is 4. The zero-order valence-corrected chi connectivity index (χ0v) is 17.0. The summed E-state index contributed by atoms with van der Waals surface area (Å²) < 4.78 is 0. The molecular formula is C23H28Si. The average Bonchev–Trinajstić information content (AvgIpc) is 2.84. The molecule has 124 valence electrons. The Morgan fingerprint density at radius 1 is 0.875 bits per heavy atom. The summed E-state index contributed by atoms with van der Waals surface area (Å²) in [5.74, 6) is 0.611. The smallest absolute Gasteiger partial charge is 0.0656 e.